The molecule has 0 atom stereocenters. The lowest BCUT2D eigenvalue weighted by Crippen LogP contribution is -1.97. The van der Waals surface area contributed by atoms with E-state index in [0.29, 0.717) is 0 Å². The van der Waals surface area contributed by atoms with Crippen LogP contribution in [0.3, 0.4) is 0 Å². The summed E-state index contributed by atoms with van der Waals surface area (Å²) in [6, 6.07) is 2.15. The molecule has 2 aromatic heterocycles. The van der Waals surface area contributed by atoms with Crippen LogP contribution >= 0.6 is 0 Å². The van der Waals surface area contributed by atoms with Crippen LogP contribution in [-0.2, 0) is 19.3 Å². The molecule has 0 spiro atoms. The highest BCUT2D eigenvalue weighted by molar-refractivity contribution is 5.23. The normalized spacial score (nSPS) is 10.6. The largest absolute Gasteiger partial charge is 0.351 e. The average molecular weight is 229 g/mol. The maximum atomic E-state index is 4.24. The third-order valence-electron chi connectivity index (χ3n) is 2.96. The number of pyridine rings is 1. The van der Waals surface area contributed by atoms with Crippen LogP contribution < -0.4 is 0 Å². The molecule has 1 N–H and O–H groups in total. The van der Waals surface area contributed by atoms with Crippen LogP contribution in [-0.4, -0.2) is 15.0 Å². The first-order chi connectivity index (χ1) is 8.40. The molecule has 0 amide bonds. The summed E-state index contributed by atoms with van der Waals surface area (Å²) in [4.78, 5) is 11.4. The second-order valence-corrected chi connectivity index (χ2v) is 4.31. The first-order valence-electron chi connectivity index (χ1n) is 6.29. The van der Waals surface area contributed by atoms with Gasteiger partial charge in [-0.2, -0.15) is 0 Å². The molecule has 2 rings (SSSR count). The topological polar surface area (TPSA) is 41.6 Å². The zero-order valence-corrected chi connectivity index (χ0v) is 10.3. The number of aromatic amines is 1. The van der Waals surface area contributed by atoms with Crippen LogP contribution in [0.5, 0.6) is 0 Å². The van der Waals surface area contributed by atoms with E-state index in [4.69, 9.17) is 0 Å². The Labute approximate surface area is 102 Å². The lowest BCUT2D eigenvalue weighted by molar-refractivity contribution is 0.785. The average Bonchev–Trinajstić information content (AvgIpc) is 2.85. The number of nitrogens with zero attached hydrogens (tertiary/aromatic N) is 2. The second kappa shape index (κ2) is 6.18. The monoisotopic (exact) mass is 229 g/mol. The number of H-pyrrole nitrogens is 1. The van der Waals surface area contributed by atoms with Crippen molar-refractivity contribution < 1.29 is 0 Å². The quantitative estimate of drug-likeness (QED) is 0.827. The van der Waals surface area contributed by atoms with Crippen molar-refractivity contribution in [3.63, 3.8) is 0 Å². The summed E-state index contributed by atoms with van der Waals surface area (Å²) in [6.45, 7) is 2.21. The molecular formula is C14H19N3. The molecule has 3 nitrogen and oxygen atoms in total. The van der Waals surface area contributed by atoms with Crippen LogP contribution in [0.15, 0.2) is 31.0 Å². The first-order valence-corrected chi connectivity index (χ1v) is 6.29. The molecule has 2 heterocycles. The van der Waals surface area contributed by atoms with E-state index in [-0.39, 0.29) is 0 Å². The number of imidazole rings is 1. The Bertz CT molecular complexity index is 434. The molecule has 0 radical (unpaired) electrons. The maximum absolute atomic E-state index is 4.24. The van der Waals surface area contributed by atoms with Crippen molar-refractivity contribution in [2.75, 3.05) is 0 Å². The zero-order valence-electron chi connectivity index (χ0n) is 10.3. The van der Waals surface area contributed by atoms with Crippen LogP contribution in [0.25, 0.3) is 0 Å². The van der Waals surface area contributed by atoms with Crippen molar-refractivity contribution in [1.82, 2.24) is 15.0 Å². The molecule has 0 bridgehead atoms. The summed E-state index contributed by atoms with van der Waals surface area (Å²) in [5.74, 6) is 0. The molecular weight excluding hydrogens is 210 g/mol. The number of hydrogen-bond acceptors (Lipinski definition) is 2. The van der Waals surface area contributed by atoms with Crippen LogP contribution in [0, 0.1) is 0 Å². The van der Waals surface area contributed by atoms with Crippen LogP contribution in [0.4, 0.5) is 0 Å². The standard InChI is InChI=1S/C14H19N3/c1-2-4-13-9-15-8-7-12(13)5-3-6-14-10-16-11-17-14/h7-11H,2-6H2,1H3,(H,16,17). The highest BCUT2D eigenvalue weighted by atomic mass is 14.9. The number of rotatable bonds is 6. The molecule has 0 unspecified atom stereocenters. The van der Waals surface area contributed by atoms with Crippen molar-refractivity contribution in [3.05, 3.63) is 47.8 Å². The van der Waals surface area contributed by atoms with E-state index < -0.39 is 0 Å². The minimum atomic E-state index is 1.04. The van der Waals surface area contributed by atoms with Crippen molar-refractivity contribution in [2.24, 2.45) is 0 Å². The number of aromatic nitrogens is 3. The minimum absolute atomic E-state index is 1.04. The SMILES string of the molecule is CCCc1cnccc1CCCc1c[nH]cn1. The van der Waals surface area contributed by atoms with E-state index in [0.717, 1.165) is 31.4 Å². The lowest BCUT2D eigenvalue weighted by Gasteiger charge is -2.07. The predicted molar refractivity (Wildman–Crippen MR) is 68.8 cm³/mol. The fourth-order valence-electron chi connectivity index (χ4n) is 2.08. The Kier molecular flexibility index (Phi) is 4.30. The Balaban J connectivity index is 1.89. The molecule has 2 aromatic rings. The molecule has 90 valence electrons. The second-order valence-electron chi connectivity index (χ2n) is 4.31. The van der Waals surface area contributed by atoms with Gasteiger partial charge >= 0.3 is 0 Å². The van der Waals surface area contributed by atoms with Gasteiger partial charge in [0.2, 0.25) is 0 Å². The summed E-state index contributed by atoms with van der Waals surface area (Å²) < 4.78 is 0. The van der Waals surface area contributed by atoms with Crippen LogP contribution in [0.2, 0.25) is 0 Å². The molecule has 0 fully saturated rings. The van der Waals surface area contributed by atoms with E-state index in [2.05, 4.69) is 27.9 Å². The molecule has 0 saturated carbocycles. The van der Waals surface area contributed by atoms with Crippen molar-refractivity contribution in [3.8, 4) is 0 Å². The van der Waals surface area contributed by atoms with Gasteiger partial charge in [-0.1, -0.05) is 13.3 Å². The van der Waals surface area contributed by atoms with Gasteiger partial charge in [-0.25, -0.2) is 4.98 Å². The van der Waals surface area contributed by atoms with Gasteiger partial charge in [0.15, 0.2) is 0 Å². The maximum Gasteiger partial charge on any atom is 0.0923 e. The Morgan fingerprint density at radius 3 is 2.88 bits per heavy atom. The molecule has 0 aliphatic heterocycles. The van der Waals surface area contributed by atoms with Gasteiger partial charge in [0.25, 0.3) is 0 Å². The van der Waals surface area contributed by atoms with E-state index in [1.807, 2.05) is 18.6 Å². The van der Waals surface area contributed by atoms with Gasteiger partial charge in [-0.15, -0.1) is 0 Å². The van der Waals surface area contributed by atoms with E-state index >= 15 is 0 Å². The van der Waals surface area contributed by atoms with Gasteiger partial charge in [0.1, 0.15) is 0 Å². The molecule has 0 aliphatic rings. The summed E-state index contributed by atoms with van der Waals surface area (Å²) in [7, 11) is 0. The fourth-order valence-corrected chi connectivity index (χ4v) is 2.08. The third kappa shape index (κ3) is 3.41. The van der Waals surface area contributed by atoms with Gasteiger partial charge in [0.05, 0.1) is 12.0 Å². The van der Waals surface area contributed by atoms with E-state index in [9.17, 15) is 0 Å². The number of nitrogens with one attached hydrogen (secondary N) is 1. The first kappa shape index (κ1) is 11.8. The summed E-state index contributed by atoms with van der Waals surface area (Å²) in [5.41, 5.74) is 3.99. The van der Waals surface area contributed by atoms with Crippen molar-refractivity contribution >= 4 is 0 Å². The van der Waals surface area contributed by atoms with E-state index in [1.54, 1.807) is 6.33 Å². The molecule has 17 heavy (non-hydrogen) atoms. The molecule has 3 heteroatoms. The van der Waals surface area contributed by atoms with E-state index in [1.165, 1.54) is 17.5 Å². The fraction of sp³-hybridized carbons (Fsp3) is 0.429. The zero-order chi connectivity index (χ0) is 11.9. The van der Waals surface area contributed by atoms with Crippen molar-refractivity contribution in [1.29, 1.82) is 0 Å². The smallest absolute Gasteiger partial charge is 0.0923 e. The highest BCUT2D eigenvalue weighted by Crippen LogP contribution is 2.13. The highest BCUT2D eigenvalue weighted by Gasteiger charge is 2.02. The predicted octanol–water partition coefficient (Wildman–Crippen LogP) is 2.93. The molecule has 0 aromatic carbocycles. The Hall–Kier alpha value is -1.64. The Morgan fingerprint density at radius 1 is 1.18 bits per heavy atom. The lowest BCUT2D eigenvalue weighted by atomic mass is 10.0. The summed E-state index contributed by atoms with van der Waals surface area (Å²) in [5, 5.41) is 0. The molecule has 0 aliphatic carbocycles. The summed E-state index contributed by atoms with van der Waals surface area (Å²) >= 11 is 0. The number of hydrogen-bond donors (Lipinski definition) is 1. The molecule has 0 saturated heterocycles. The van der Waals surface area contributed by atoms with Crippen LogP contribution in [0.1, 0.15) is 36.6 Å². The van der Waals surface area contributed by atoms with Gasteiger partial charge in [-0.05, 0) is 42.9 Å². The van der Waals surface area contributed by atoms with Gasteiger partial charge in [-0.3, -0.25) is 4.98 Å². The van der Waals surface area contributed by atoms with Crippen molar-refractivity contribution in [2.45, 2.75) is 39.0 Å². The third-order valence-corrected chi connectivity index (χ3v) is 2.96. The Morgan fingerprint density at radius 2 is 2.12 bits per heavy atom. The van der Waals surface area contributed by atoms with Gasteiger partial charge in [0, 0.05) is 18.6 Å². The minimum Gasteiger partial charge on any atom is -0.351 e. The summed E-state index contributed by atoms with van der Waals surface area (Å²) in [6.07, 6.45) is 13.2. The van der Waals surface area contributed by atoms with Gasteiger partial charge < -0.3 is 4.98 Å². The number of aryl methyl sites for hydroxylation is 3.